The Kier molecular flexibility index (Phi) is 3.10. The Morgan fingerprint density at radius 2 is 1.94 bits per heavy atom. The second-order valence-electron chi connectivity index (χ2n) is 3.59. The van der Waals surface area contributed by atoms with Crippen molar-refractivity contribution in [3.05, 3.63) is 48.0 Å². The van der Waals surface area contributed by atoms with Gasteiger partial charge in [-0.25, -0.2) is 0 Å². The summed E-state index contributed by atoms with van der Waals surface area (Å²) in [6.07, 6.45) is 2.01. The average molecular weight is 211 g/mol. The van der Waals surface area contributed by atoms with Crippen LogP contribution in [0.1, 0.15) is 16.8 Å². The number of fused-ring (bicyclic) bond motifs is 1. The number of aliphatic imine (C=N–C) groups is 1. The van der Waals surface area contributed by atoms with Gasteiger partial charge in [0.25, 0.3) is 0 Å². The number of Topliss-reactive ketones (excluding diaryl/α,β-unsaturated/α-hetero) is 1. The lowest BCUT2D eigenvalue weighted by Crippen LogP contribution is -2.00. The molecular formula is C14H13NO. The number of hydrogen-bond acceptors (Lipinski definition) is 2. The molecule has 0 aliphatic heterocycles. The molecule has 2 nitrogen and oxygen atoms in total. The Balaban J connectivity index is 2.48. The zero-order valence-corrected chi connectivity index (χ0v) is 9.18. The largest absolute Gasteiger partial charge is 0.300 e. The number of hydrogen-bond donors (Lipinski definition) is 0. The summed E-state index contributed by atoms with van der Waals surface area (Å²) in [4.78, 5) is 15.8. The summed E-state index contributed by atoms with van der Waals surface area (Å²) < 4.78 is 0. The maximum atomic E-state index is 11.9. The first-order chi connectivity index (χ1) is 7.83. The van der Waals surface area contributed by atoms with E-state index >= 15 is 0 Å². The molecule has 2 heteroatoms. The van der Waals surface area contributed by atoms with E-state index in [0.29, 0.717) is 6.42 Å². The molecule has 0 aliphatic rings. The Hall–Kier alpha value is -1.96. The first-order valence-corrected chi connectivity index (χ1v) is 5.24. The number of ketones is 1. The molecule has 0 fully saturated rings. The molecule has 0 saturated heterocycles. The van der Waals surface area contributed by atoms with Gasteiger partial charge in [0.2, 0.25) is 0 Å². The highest BCUT2D eigenvalue weighted by Crippen LogP contribution is 2.19. The monoisotopic (exact) mass is 211 g/mol. The molecule has 0 amide bonds. The fourth-order valence-corrected chi connectivity index (χ4v) is 1.75. The minimum atomic E-state index is 0.113. The maximum absolute atomic E-state index is 11.9. The second-order valence-corrected chi connectivity index (χ2v) is 3.59. The van der Waals surface area contributed by atoms with Crippen LogP contribution in [0, 0.1) is 0 Å². The van der Waals surface area contributed by atoms with Crippen molar-refractivity contribution in [3.8, 4) is 0 Å². The predicted molar refractivity (Wildman–Crippen MR) is 67.3 cm³/mol. The van der Waals surface area contributed by atoms with E-state index in [-0.39, 0.29) is 5.78 Å². The number of rotatable bonds is 3. The van der Waals surface area contributed by atoms with Crippen molar-refractivity contribution >= 4 is 22.8 Å². The zero-order valence-electron chi connectivity index (χ0n) is 9.18. The van der Waals surface area contributed by atoms with Crippen molar-refractivity contribution in [3.63, 3.8) is 0 Å². The Morgan fingerprint density at radius 3 is 2.75 bits per heavy atom. The summed E-state index contributed by atoms with van der Waals surface area (Å²) in [5, 5.41) is 2.11. The molecule has 0 saturated carbocycles. The zero-order chi connectivity index (χ0) is 11.4. The molecule has 16 heavy (non-hydrogen) atoms. The fraction of sp³-hybridized carbons (Fsp3) is 0.143. The van der Waals surface area contributed by atoms with Crippen LogP contribution in [-0.4, -0.2) is 19.0 Å². The van der Waals surface area contributed by atoms with Crippen LogP contribution in [0.25, 0.3) is 10.8 Å². The topological polar surface area (TPSA) is 29.4 Å². The summed E-state index contributed by atoms with van der Waals surface area (Å²) in [5.74, 6) is 0.113. The molecule has 0 aliphatic carbocycles. The third-order valence-electron chi connectivity index (χ3n) is 2.55. The van der Waals surface area contributed by atoms with E-state index in [1.165, 1.54) is 0 Å². The summed E-state index contributed by atoms with van der Waals surface area (Å²) in [5.41, 5.74) is 0.776. The molecular weight excluding hydrogens is 198 g/mol. The van der Waals surface area contributed by atoms with Gasteiger partial charge in [-0.15, -0.1) is 0 Å². The molecule has 0 heterocycles. The van der Waals surface area contributed by atoms with E-state index in [4.69, 9.17) is 0 Å². The lowest BCUT2D eigenvalue weighted by molar-refractivity contribution is 0.100. The molecule has 2 rings (SSSR count). The minimum Gasteiger partial charge on any atom is -0.300 e. The van der Waals surface area contributed by atoms with Crippen LogP contribution in [0.3, 0.4) is 0 Å². The number of carbonyl (C=O) groups excluding carboxylic acids is 1. The molecule has 0 radical (unpaired) electrons. The van der Waals surface area contributed by atoms with Crippen LogP contribution < -0.4 is 0 Å². The highest BCUT2D eigenvalue weighted by Gasteiger charge is 2.07. The third kappa shape index (κ3) is 2.01. The molecule has 80 valence electrons. The Labute approximate surface area is 94.6 Å². The van der Waals surface area contributed by atoms with Gasteiger partial charge in [-0.2, -0.15) is 0 Å². The fourth-order valence-electron chi connectivity index (χ4n) is 1.75. The van der Waals surface area contributed by atoms with Gasteiger partial charge in [0.15, 0.2) is 5.78 Å². The van der Waals surface area contributed by atoms with Crippen LogP contribution >= 0.6 is 0 Å². The van der Waals surface area contributed by atoms with Gasteiger partial charge in [0.1, 0.15) is 0 Å². The van der Waals surface area contributed by atoms with E-state index in [1.807, 2.05) is 42.5 Å². The maximum Gasteiger partial charge on any atom is 0.168 e. The van der Waals surface area contributed by atoms with E-state index < -0.39 is 0 Å². The smallest absolute Gasteiger partial charge is 0.168 e. The summed E-state index contributed by atoms with van der Waals surface area (Å²) in [7, 11) is 1.68. The van der Waals surface area contributed by atoms with Crippen LogP contribution in [-0.2, 0) is 0 Å². The van der Waals surface area contributed by atoms with E-state index in [1.54, 1.807) is 13.3 Å². The molecule has 2 aromatic carbocycles. The lowest BCUT2D eigenvalue weighted by atomic mass is 10.0. The highest BCUT2D eigenvalue weighted by molar-refractivity contribution is 6.12. The van der Waals surface area contributed by atoms with Gasteiger partial charge in [-0.05, 0) is 10.8 Å². The van der Waals surface area contributed by atoms with Crippen molar-refractivity contribution in [2.75, 3.05) is 7.05 Å². The van der Waals surface area contributed by atoms with Crippen LogP contribution in [0.2, 0.25) is 0 Å². The Morgan fingerprint density at radius 1 is 1.19 bits per heavy atom. The van der Waals surface area contributed by atoms with Crippen molar-refractivity contribution < 1.29 is 4.79 Å². The van der Waals surface area contributed by atoms with E-state index in [0.717, 1.165) is 16.3 Å². The van der Waals surface area contributed by atoms with Crippen LogP contribution in [0.15, 0.2) is 47.5 Å². The molecule has 0 unspecified atom stereocenters. The van der Waals surface area contributed by atoms with Gasteiger partial charge in [-0.3, -0.25) is 4.79 Å². The second kappa shape index (κ2) is 4.71. The predicted octanol–water partition coefficient (Wildman–Crippen LogP) is 3.11. The minimum absolute atomic E-state index is 0.113. The molecule has 0 atom stereocenters. The van der Waals surface area contributed by atoms with Crippen molar-refractivity contribution in [1.82, 2.24) is 0 Å². The van der Waals surface area contributed by atoms with Gasteiger partial charge in [0.05, 0.1) is 0 Å². The van der Waals surface area contributed by atoms with Crippen LogP contribution in [0.4, 0.5) is 0 Å². The van der Waals surface area contributed by atoms with E-state index in [9.17, 15) is 4.79 Å². The average Bonchev–Trinajstić information content (AvgIpc) is 2.35. The number of carbonyl (C=O) groups is 1. The van der Waals surface area contributed by atoms with Gasteiger partial charge in [0, 0.05) is 25.2 Å². The molecule has 2 aromatic rings. The SMILES string of the molecule is CN=CCC(=O)c1cccc2ccccc12. The number of nitrogens with zero attached hydrogens (tertiary/aromatic N) is 1. The number of benzene rings is 2. The first-order valence-electron chi connectivity index (χ1n) is 5.24. The highest BCUT2D eigenvalue weighted by atomic mass is 16.1. The third-order valence-corrected chi connectivity index (χ3v) is 2.55. The normalized spacial score (nSPS) is 11.1. The molecule has 0 N–H and O–H groups in total. The Bertz CT molecular complexity index is 538. The van der Waals surface area contributed by atoms with Gasteiger partial charge in [-0.1, -0.05) is 42.5 Å². The summed E-state index contributed by atoms with van der Waals surface area (Å²) in [6.45, 7) is 0. The molecule has 0 aromatic heterocycles. The quantitative estimate of drug-likeness (QED) is 0.566. The van der Waals surface area contributed by atoms with Gasteiger partial charge < -0.3 is 4.99 Å². The van der Waals surface area contributed by atoms with Crippen molar-refractivity contribution in [2.24, 2.45) is 4.99 Å². The van der Waals surface area contributed by atoms with Crippen LogP contribution in [0.5, 0.6) is 0 Å². The summed E-state index contributed by atoms with van der Waals surface area (Å²) in [6, 6.07) is 13.7. The molecule has 0 bridgehead atoms. The van der Waals surface area contributed by atoms with Crippen molar-refractivity contribution in [2.45, 2.75) is 6.42 Å². The standard InChI is InChI=1S/C14H13NO/c1-15-10-9-14(16)13-8-4-6-11-5-2-3-7-12(11)13/h2-8,10H,9H2,1H3. The molecule has 0 spiro atoms. The van der Waals surface area contributed by atoms with Gasteiger partial charge >= 0.3 is 0 Å². The summed E-state index contributed by atoms with van der Waals surface area (Å²) >= 11 is 0. The van der Waals surface area contributed by atoms with Crippen molar-refractivity contribution in [1.29, 1.82) is 0 Å². The first kappa shape index (κ1) is 10.6. The lowest BCUT2D eigenvalue weighted by Gasteiger charge is -2.03. The van der Waals surface area contributed by atoms with E-state index in [2.05, 4.69) is 4.99 Å².